The first-order valence-corrected chi connectivity index (χ1v) is 5.96. The lowest BCUT2D eigenvalue weighted by Gasteiger charge is -2.31. The van der Waals surface area contributed by atoms with Gasteiger partial charge < -0.3 is 20.3 Å². The van der Waals surface area contributed by atoms with Crippen molar-refractivity contribution in [2.75, 3.05) is 14.2 Å². The molecule has 4 nitrogen and oxygen atoms in total. The molecule has 0 aliphatic carbocycles. The third kappa shape index (κ3) is 3.37. The van der Waals surface area contributed by atoms with Crippen LogP contribution in [-0.4, -0.2) is 25.4 Å². The van der Waals surface area contributed by atoms with Crippen molar-refractivity contribution in [2.24, 2.45) is 11.1 Å². The normalized spacial score (nSPS) is 15.1. The predicted octanol–water partition coefficient (Wildman–Crippen LogP) is 2.11. The Morgan fingerprint density at radius 2 is 1.50 bits per heavy atom. The van der Waals surface area contributed by atoms with Crippen LogP contribution in [0.25, 0.3) is 0 Å². The molecule has 0 amide bonds. The molecule has 0 spiro atoms. The Kier molecular flexibility index (Phi) is 4.59. The van der Waals surface area contributed by atoms with E-state index in [4.69, 9.17) is 15.2 Å². The van der Waals surface area contributed by atoms with Gasteiger partial charge in [-0.15, -0.1) is 0 Å². The summed E-state index contributed by atoms with van der Waals surface area (Å²) in [7, 11) is 3.18. The first-order chi connectivity index (χ1) is 8.29. The van der Waals surface area contributed by atoms with Crippen LogP contribution < -0.4 is 15.2 Å². The van der Waals surface area contributed by atoms with Crippen molar-refractivity contribution in [1.82, 2.24) is 0 Å². The van der Waals surface area contributed by atoms with E-state index in [1.165, 1.54) is 0 Å². The van der Waals surface area contributed by atoms with Crippen molar-refractivity contribution >= 4 is 0 Å². The maximum absolute atomic E-state index is 10.2. The van der Waals surface area contributed by atoms with Gasteiger partial charge in [-0.3, -0.25) is 0 Å². The highest BCUT2D eigenvalue weighted by molar-refractivity contribution is 5.40. The summed E-state index contributed by atoms with van der Waals surface area (Å²) >= 11 is 0. The van der Waals surface area contributed by atoms with E-state index in [1.54, 1.807) is 20.3 Å². The molecule has 2 atom stereocenters. The number of aliphatic hydroxyl groups is 1. The lowest BCUT2D eigenvalue weighted by Crippen LogP contribution is -2.36. The molecule has 1 aromatic carbocycles. The maximum Gasteiger partial charge on any atom is 0.122 e. The molecule has 0 fully saturated rings. The Morgan fingerprint density at radius 3 is 1.83 bits per heavy atom. The number of methoxy groups -OCH3 is 2. The van der Waals surface area contributed by atoms with E-state index < -0.39 is 12.1 Å². The molecule has 1 aromatic rings. The van der Waals surface area contributed by atoms with Crippen molar-refractivity contribution in [3.05, 3.63) is 23.8 Å². The van der Waals surface area contributed by atoms with E-state index in [0.29, 0.717) is 11.5 Å². The molecule has 1 rings (SSSR count). The second-order valence-corrected chi connectivity index (χ2v) is 5.48. The largest absolute Gasteiger partial charge is 0.497 e. The summed E-state index contributed by atoms with van der Waals surface area (Å²) in [6.45, 7) is 5.86. The van der Waals surface area contributed by atoms with Crippen LogP contribution in [0.15, 0.2) is 18.2 Å². The SMILES string of the molecule is COc1cc(OC)cc([C@H](N)[C@H](O)C(C)(C)C)c1. The van der Waals surface area contributed by atoms with Gasteiger partial charge in [-0.2, -0.15) is 0 Å². The molecule has 4 heteroatoms. The number of rotatable bonds is 4. The fourth-order valence-electron chi connectivity index (χ4n) is 1.74. The standard InChI is InChI=1S/C14H23NO3/c1-14(2,3)13(16)12(15)9-6-10(17-4)8-11(7-9)18-5/h6-8,12-13,16H,15H2,1-5H3/t12-,13-/m0/s1. The van der Waals surface area contributed by atoms with Crippen molar-refractivity contribution in [2.45, 2.75) is 32.9 Å². The van der Waals surface area contributed by atoms with E-state index in [9.17, 15) is 5.11 Å². The van der Waals surface area contributed by atoms with Crippen molar-refractivity contribution in [1.29, 1.82) is 0 Å². The number of hydrogen-bond acceptors (Lipinski definition) is 4. The second kappa shape index (κ2) is 5.59. The first kappa shape index (κ1) is 14.8. The van der Waals surface area contributed by atoms with E-state index in [2.05, 4.69) is 0 Å². The number of hydrogen-bond donors (Lipinski definition) is 2. The Hall–Kier alpha value is -1.26. The Balaban J connectivity index is 3.08. The molecule has 0 aliphatic rings. The zero-order valence-electron chi connectivity index (χ0n) is 11.7. The average molecular weight is 253 g/mol. The number of ether oxygens (including phenoxy) is 2. The lowest BCUT2D eigenvalue weighted by molar-refractivity contribution is 0.0400. The van der Waals surface area contributed by atoms with Gasteiger partial charge in [0.15, 0.2) is 0 Å². The van der Waals surface area contributed by atoms with Crippen LogP contribution in [0.5, 0.6) is 11.5 Å². The minimum Gasteiger partial charge on any atom is -0.497 e. The summed E-state index contributed by atoms with van der Waals surface area (Å²) in [5.74, 6) is 1.34. The predicted molar refractivity (Wildman–Crippen MR) is 71.9 cm³/mol. The van der Waals surface area contributed by atoms with Gasteiger partial charge in [0.05, 0.1) is 26.4 Å². The summed E-state index contributed by atoms with van der Waals surface area (Å²) < 4.78 is 10.4. The molecule has 0 aromatic heterocycles. The highest BCUT2D eigenvalue weighted by atomic mass is 16.5. The molecule has 3 N–H and O–H groups in total. The first-order valence-electron chi connectivity index (χ1n) is 5.96. The van der Waals surface area contributed by atoms with E-state index in [0.717, 1.165) is 5.56 Å². The molecule has 0 radical (unpaired) electrons. The molecule has 0 bridgehead atoms. The maximum atomic E-state index is 10.2. The van der Waals surface area contributed by atoms with Gasteiger partial charge in [-0.05, 0) is 23.1 Å². The molecule has 102 valence electrons. The van der Waals surface area contributed by atoms with Gasteiger partial charge in [0.1, 0.15) is 11.5 Å². The smallest absolute Gasteiger partial charge is 0.122 e. The van der Waals surface area contributed by atoms with Gasteiger partial charge in [-0.1, -0.05) is 20.8 Å². The van der Waals surface area contributed by atoms with Crippen LogP contribution >= 0.6 is 0 Å². The zero-order valence-corrected chi connectivity index (χ0v) is 11.7. The molecule has 18 heavy (non-hydrogen) atoms. The highest BCUT2D eigenvalue weighted by Gasteiger charge is 2.29. The molecule has 0 heterocycles. The average Bonchev–Trinajstić information content (AvgIpc) is 2.35. The number of nitrogens with two attached hydrogens (primary N) is 1. The van der Waals surface area contributed by atoms with E-state index in [-0.39, 0.29) is 5.41 Å². The van der Waals surface area contributed by atoms with Crippen molar-refractivity contribution in [3.8, 4) is 11.5 Å². The van der Waals surface area contributed by atoms with Crippen LogP contribution in [0, 0.1) is 5.41 Å². The fourth-order valence-corrected chi connectivity index (χ4v) is 1.74. The highest BCUT2D eigenvalue weighted by Crippen LogP contribution is 2.32. The summed E-state index contributed by atoms with van der Waals surface area (Å²) in [5.41, 5.74) is 6.63. The minimum absolute atomic E-state index is 0.282. The Morgan fingerprint density at radius 1 is 1.06 bits per heavy atom. The Labute approximate surface area is 109 Å². The van der Waals surface area contributed by atoms with Crippen LogP contribution in [0.3, 0.4) is 0 Å². The van der Waals surface area contributed by atoms with Crippen LogP contribution in [0.1, 0.15) is 32.4 Å². The van der Waals surface area contributed by atoms with E-state index >= 15 is 0 Å². The van der Waals surface area contributed by atoms with Crippen LogP contribution in [0.2, 0.25) is 0 Å². The van der Waals surface area contributed by atoms with Gasteiger partial charge in [0, 0.05) is 6.07 Å². The zero-order chi connectivity index (χ0) is 13.9. The van der Waals surface area contributed by atoms with Gasteiger partial charge in [0.2, 0.25) is 0 Å². The molecule has 0 saturated heterocycles. The van der Waals surface area contributed by atoms with Gasteiger partial charge in [0.25, 0.3) is 0 Å². The van der Waals surface area contributed by atoms with Crippen LogP contribution in [-0.2, 0) is 0 Å². The quantitative estimate of drug-likeness (QED) is 0.862. The molecule has 0 unspecified atom stereocenters. The van der Waals surface area contributed by atoms with E-state index in [1.807, 2.05) is 32.9 Å². The molecular weight excluding hydrogens is 230 g/mol. The molecule has 0 saturated carbocycles. The van der Waals surface area contributed by atoms with Crippen LogP contribution in [0.4, 0.5) is 0 Å². The fraction of sp³-hybridized carbons (Fsp3) is 0.571. The molecule has 0 aliphatic heterocycles. The lowest BCUT2D eigenvalue weighted by atomic mass is 9.82. The molecular formula is C14H23NO3. The summed E-state index contributed by atoms with van der Waals surface area (Å²) in [6.07, 6.45) is -0.644. The summed E-state index contributed by atoms with van der Waals surface area (Å²) in [5, 5.41) is 10.2. The monoisotopic (exact) mass is 253 g/mol. The third-order valence-electron chi connectivity index (χ3n) is 2.99. The van der Waals surface area contributed by atoms with Gasteiger partial charge in [-0.25, -0.2) is 0 Å². The summed E-state index contributed by atoms with van der Waals surface area (Å²) in [4.78, 5) is 0. The van der Waals surface area contributed by atoms with Crippen molar-refractivity contribution in [3.63, 3.8) is 0 Å². The summed E-state index contributed by atoms with van der Waals surface area (Å²) in [6, 6.07) is 4.94. The number of benzene rings is 1. The number of aliphatic hydroxyl groups excluding tert-OH is 1. The van der Waals surface area contributed by atoms with Crippen molar-refractivity contribution < 1.29 is 14.6 Å². The third-order valence-corrected chi connectivity index (χ3v) is 2.99. The minimum atomic E-state index is -0.644. The topological polar surface area (TPSA) is 64.7 Å². The second-order valence-electron chi connectivity index (χ2n) is 5.48. The van der Waals surface area contributed by atoms with Gasteiger partial charge >= 0.3 is 0 Å². The Bertz CT molecular complexity index is 376.